The Morgan fingerprint density at radius 1 is 1.10 bits per heavy atom. The van der Waals surface area contributed by atoms with Crippen molar-refractivity contribution in [3.8, 4) is 5.75 Å². The Kier molecular flexibility index (Phi) is 5.71. The molecule has 0 fully saturated rings. The van der Waals surface area contributed by atoms with E-state index in [4.69, 9.17) is 37.1 Å². The number of hydrogen-bond donors (Lipinski definition) is 0. The van der Waals surface area contributed by atoms with E-state index < -0.39 is 11.9 Å². The third kappa shape index (κ3) is 3.66. The number of nitrogens with zero attached hydrogens (tertiary/aromatic N) is 2. The fraction of sp³-hybridized carbons (Fsp3) is 0.136. The summed E-state index contributed by atoms with van der Waals surface area (Å²) in [4.78, 5) is 30.4. The molecule has 0 aliphatic rings. The normalized spacial score (nSPS) is 11.0. The number of anilines is 2. The fourth-order valence-corrected chi connectivity index (χ4v) is 3.84. The van der Waals surface area contributed by atoms with E-state index >= 15 is 0 Å². The highest BCUT2D eigenvalue weighted by atomic mass is 35.5. The van der Waals surface area contributed by atoms with Crippen molar-refractivity contribution < 1.29 is 23.5 Å². The van der Waals surface area contributed by atoms with Gasteiger partial charge in [0.1, 0.15) is 5.58 Å². The number of aromatic nitrogens is 1. The van der Waals surface area contributed by atoms with Gasteiger partial charge in [-0.25, -0.2) is 4.79 Å². The molecular formula is C22H16Cl2N2O5. The Labute approximate surface area is 187 Å². The Bertz CT molecular complexity index is 1300. The number of pyridine rings is 1. The van der Waals surface area contributed by atoms with Gasteiger partial charge in [0.2, 0.25) is 0 Å². The van der Waals surface area contributed by atoms with Crippen molar-refractivity contribution in [1.29, 1.82) is 0 Å². The van der Waals surface area contributed by atoms with Gasteiger partial charge in [-0.3, -0.25) is 14.7 Å². The van der Waals surface area contributed by atoms with Crippen LogP contribution in [-0.4, -0.2) is 30.6 Å². The fourth-order valence-electron chi connectivity index (χ4n) is 3.31. The number of hydrogen-bond acceptors (Lipinski definition) is 6. The van der Waals surface area contributed by atoms with E-state index in [1.165, 1.54) is 12.4 Å². The third-order valence-electron chi connectivity index (χ3n) is 4.63. The molecule has 2 heterocycles. The van der Waals surface area contributed by atoms with E-state index in [2.05, 4.69) is 4.98 Å². The maximum atomic E-state index is 13.0. The standard InChI is InChI=1S/C22H16Cl2N2O5/c1-3-30-22(28)21(27)26(19-15(23)10-25-11-16(19)24)12-7-8-17-14(9-12)13-5-4-6-18(29-2)20(13)31-17/h4-11H,3H2,1-2H3. The minimum Gasteiger partial charge on any atom is -0.493 e. The van der Waals surface area contributed by atoms with Gasteiger partial charge in [-0.1, -0.05) is 35.3 Å². The maximum absolute atomic E-state index is 13.0. The summed E-state index contributed by atoms with van der Waals surface area (Å²) >= 11 is 12.6. The zero-order valence-corrected chi connectivity index (χ0v) is 18.0. The zero-order valence-electron chi connectivity index (χ0n) is 16.5. The number of furan rings is 1. The molecule has 0 saturated heterocycles. The zero-order chi connectivity index (χ0) is 22.1. The molecule has 1 amide bonds. The van der Waals surface area contributed by atoms with E-state index in [1.54, 1.807) is 38.3 Å². The van der Waals surface area contributed by atoms with Gasteiger partial charge >= 0.3 is 11.9 Å². The highest BCUT2D eigenvalue weighted by Gasteiger charge is 2.30. The number of fused-ring (bicyclic) bond motifs is 3. The van der Waals surface area contributed by atoms with E-state index in [0.29, 0.717) is 28.0 Å². The van der Waals surface area contributed by atoms with Crippen LogP contribution in [0.25, 0.3) is 21.9 Å². The second kappa shape index (κ2) is 8.45. The summed E-state index contributed by atoms with van der Waals surface area (Å²) in [6, 6.07) is 10.5. The van der Waals surface area contributed by atoms with Crippen LogP contribution in [0.5, 0.6) is 5.75 Å². The topological polar surface area (TPSA) is 81.9 Å². The Morgan fingerprint density at radius 2 is 1.84 bits per heavy atom. The molecule has 4 aromatic rings. The smallest absolute Gasteiger partial charge is 0.397 e. The summed E-state index contributed by atoms with van der Waals surface area (Å²) in [7, 11) is 1.56. The molecule has 0 aliphatic carbocycles. The second-order valence-corrected chi connectivity index (χ2v) is 7.25. The Morgan fingerprint density at radius 3 is 2.52 bits per heavy atom. The van der Waals surface area contributed by atoms with Crippen LogP contribution in [0, 0.1) is 0 Å². The molecule has 0 aliphatic heterocycles. The second-order valence-electron chi connectivity index (χ2n) is 6.43. The molecule has 2 aromatic carbocycles. The van der Waals surface area contributed by atoms with Gasteiger partial charge in [-0.05, 0) is 31.2 Å². The molecule has 9 heteroatoms. The van der Waals surface area contributed by atoms with Crippen LogP contribution in [0.4, 0.5) is 11.4 Å². The summed E-state index contributed by atoms with van der Waals surface area (Å²) < 4.78 is 16.2. The van der Waals surface area contributed by atoms with Gasteiger partial charge in [-0.15, -0.1) is 0 Å². The number of amides is 1. The Hall–Kier alpha value is -3.29. The number of carbonyl (C=O) groups excluding carboxylic acids is 2. The van der Waals surface area contributed by atoms with Crippen LogP contribution in [0.1, 0.15) is 6.92 Å². The quantitative estimate of drug-likeness (QED) is 0.295. The predicted molar refractivity (Wildman–Crippen MR) is 118 cm³/mol. The first-order chi connectivity index (χ1) is 15.0. The lowest BCUT2D eigenvalue weighted by molar-refractivity contribution is -0.152. The van der Waals surface area contributed by atoms with Gasteiger partial charge in [-0.2, -0.15) is 0 Å². The predicted octanol–water partition coefficient (Wildman–Crippen LogP) is 5.52. The number of para-hydroxylation sites is 1. The monoisotopic (exact) mass is 458 g/mol. The van der Waals surface area contributed by atoms with Crippen molar-refractivity contribution in [2.45, 2.75) is 6.92 Å². The molecule has 158 valence electrons. The lowest BCUT2D eigenvalue weighted by atomic mass is 10.1. The van der Waals surface area contributed by atoms with Gasteiger partial charge in [0.15, 0.2) is 11.3 Å². The molecule has 31 heavy (non-hydrogen) atoms. The van der Waals surface area contributed by atoms with Gasteiger partial charge in [0.05, 0.1) is 35.1 Å². The number of ether oxygens (including phenoxy) is 2. The lowest BCUT2D eigenvalue weighted by Crippen LogP contribution is -2.34. The number of methoxy groups -OCH3 is 1. The molecular weight excluding hydrogens is 443 g/mol. The first kappa shape index (κ1) is 21.0. The van der Waals surface area contributed by atoms with Crippen LogP contribution in [-0.2, 0) is 14.3 Å². The molecule has 0 radical (unpaired) electrons. The minimum atomic E-state index is -1.04. The molecule has 7 nitrogen and oxygen atoms in total. The average Bonchev–Trinajstić information content (AvgIpc) is 3.14. The molecule has 0 bridgehead atoms. The number of rotatable bonds is 4. The van der Waals surface area contributed by atoms with Crippen LogP contribution < -0.4 is 9.64 Å². The van der Waals surface area contributed by atoms with Crippen LogP contribution >= 0.6 is 23.2 Å². The van der Waals surface area contributed by atoms with Gasteiger partial charge in [0, 0.05) is 23.2 Å². The molecule has 0 unspecified atom stereocenters. The first-order valence-electron chi connectivity index (χ1n) is 9.25. The largest absolute Gasteiger partial charge is 0.493 e. The van der Waals surface area contributed by atoms with Crippen molar-refractivity contribution >= 4 is 68.4 Å². The Balaban J connectivity index is 1.95. The number of halogens is 2. The molecule has 0 spiro atoms. The molecule has 0 atom stereocenters. The van der Waals surface area contributed by atoms with E-state index in [1.807, 2.05) is 12.1 Å². The van der Waals surface area contributed by atoms with Crippen LogP contribution in [0.15, 0.2) is 53.2 Å². The molecule has 2 aromatic heterocycles. The number of carbonyl (C=O) groups is 2. The summed E-state index contributed by atoms with van der Waals surface area (Å²) in [6.07, 6.45) is 2.68. The first-order valence-corrected chi connectivity index (χ1v) is 10.0. The van der Waals surface area contributed by atoms with Gasteiger partial charge in [0.25, 0.3) is 0 Å². The molecule has 0 N–H and O–H groups in total. The maximum Gasteiger partial charge on any atom is 0.397 e. The van der Waals surface area contributed by atoms with Crippen molar-refractivity contribution in [3.63, 3.8) is 0 Å². The van der Waals surface area contributed by atoms with E-state index in [9.17, 15) is 9.59 Å². The number of esters is 1. The SMILES string of the molecule is CCOC(=O)C(=O)N(c1ccc2oc3c(OC)cccc3c2c1)c1c(Cl)cncc1Cl. The summed E-state index contributed by atoms with van der Waals surface area (Å²) in [6.45, 7) is 1.65. The van der Waals surface area contributed by atoms with Crippen molar-refractivity contribution in [1.82, 2.24) is 4.98 Å². The van der Waals surface area contributed by atoms with Gasteiger partial charge < -0.3 is 13.9 Å². The number of benzene rings is 2. The summed E-state index contributed by atoms with van der Waals surface area (Å²) in [5, 5.41) is 1.70. The lowest BCUT2D eigenvalue weighted by Gasteiger charge is -2.23. The van der Waals surface area contributed by atoms with Crippen LogP contribution in [0.2, 0.25) is 10.0 Å². The average molecular weight is 459 g/mol. The van der Waals surface area contributed by atoms with Crippen LogP contribution in [0.3, 0.4) is 0 Å². The molecule has 4 rings (SSSR count). The summed E-state index contributed by atoms with van der Waals surface area (Å²) in [5.41, 5.74) is 1.63. The summed E-state index contributed by atoms with van der Waals surface area (Å²) in [5.74, 6) is -1.40. The molecule has 0 saturated carbocycles. The van der Waals surface area contributed by atoms with E-state index in [-0.39, 0.29) is 22.3 Å². The third-order valence-corrected chi connectivity index (χ3v) is 5.18. The highest BCUT2D eigenvalue weighted by Crippen LogP contribution is 2.41. The minimum absolute atomic E-state index is 0.0431. The van der Waals surface area contributed by atoms with Crippen molar-refractivity contribution in [2.75, 3.05) is 18.6 Å². The van der Waals surface area contributed by atoms with Crippen molar-refractivity contribution in [2.24, 2.45) is 0 Å². The van der Waals surface area contributed by atoms with E-state index in [0.717, 1.165) is 10.3 Å². The van der Waals surface area contributed by atoms with Crippen molar-refractivity contribution in [3.05, 3.63) is 58.8 Å². The highest BCUT2D eigenvalue weighted by molar-refractivity contribution is 6.45.